The van der Waals surface area contributed by atoms with Gasteiger partial charge in [-0.05, 0) is 6.92 Å². The van der Waals surface area contributed by atoms with Gasteiger partial charge in [-0.25, -0.2) is 4.98 Å². The van der Waals surface area contributed by atoms with E-state index in [4.69, 9.17) is 4.74 Å². The first kappa shape index (κ1) is 7.61. The number of imidazole rings is 1. The predicted molar refractivity (Wildman–Crippen MR) is 46.4 cm³/mol. The molecule has 1 aromatic rings. The van der Waals surface area contributed by atoms with Gasteiger partial charge in [-0.1, -0.05) is 0 Å². The van der Waals surface area contributed by atoms with Crippen molar-refractivity contribution in [2.75, 3.05) is 31.2 Å². The van der Waals surface area contributed by atoms with Gasteiger partial charge in [-0.3, -0.25) is 0 Å². The summed E-state index contributed by atoms with van der Waals surface area (Å²) < 4.78 is 5.24. The van der Waals surface area contributed by atoms with Gasteiger partial charge in [0.15, 0.2) is 0 Å². The van der Waals surface area contributed by atoms with Gasteiger partial charge >= 0.3 is 0 Å². The van der Waals surface area contributed by atoms with Crippen LogP contribution >= 0.6 is 0 Å². The van der Waals surface area contributed by atoms with E-state index in [2.05, 4.69) is 14.9 Å². The van der Waals surface area contributed by atoms with Crippen LogP contribution in [0, 0.1) is 6.92 Å². The Labute approximate surface area is 71.6 Å². The van der Waals surface area contributed by atoms with Crippen LogP contribution in [-0.2, 0) is 4.74 Å². The molecule has 66 valence electrons. The smallest absolute Gasteiger partial charge is 0.203 e. The minimum atomic E-state index is 0.805. The first-order valence-electron chi connectivity index (χ1n) is 4.20. The molecule has 1 fully saturated rings. The van der Waals surface area contributed by atoms with E-state index >= 15 is 0 Å². The van der Waals surface area contributed by atoms with Crippen molar-refractivity contribution in [1.29, 1.82) is 0 Å². The molecular weight excluding hydrogens is 154 g/mol. The lowest BCUT2D eigenvalue weighted by atomic mass is 10.4. The third kappa shape index (κ3) is 1.43. The summed E-state index contributed by atoms with van der Waals surface area (Å²) in [7, 11) is 0. The lowest BCUT2D eigenvalue weighted by molar-refractivity contribution is 0.122. The fourth-order valence-corrected chi connectivity index (χ4v) is 1.33. The minimum absolute atomic E-state index is 0.805. The Hall–Kier alpha value is -1.03. The van der Waals surface area contributed by atoms with E-state index in [9.17, 15) is 0 Å². The average molecular weight is 167 g/mol. The predicted octanol–water partition coefficient (Wildman–Crippen LogP) is 0.555. The van der Waals surface area contributed by atoms with Crippen molar-refractivity contribution in [3.8, 4) is 0 Å². The summed E-state index contributed by atoms with van der Waals surface area (Å²) in [5.74, 6) is 0.968. The van der Waals surface area contributed by atoms with Gasteiger partial charge in [0.25, 0.3) is 0 Å². The SMILES string of the molecule is Cc1cnc(N2CCOCC2)[nH]1. The number of rotatable bonds is 1. The van der Waals surface area contributed by atoms with Gasteiger partial charge in [-0.15, -0.1) is 0 Å². The highest BCUT2D eigenvalue weighted by molar-refractivity contribution is 5.31. The summed E-state index contributed by atoms with van der Waals surface area (Å²) in [5, 5.41) is 0. The van der Waals surface area contributed by atoms with E-state index < -0.39 is 0 Å². The fourth-order valence-electron chi connectivity index (χ4n) is 1.33. The Morgan fingerprint density at radius 3 is 2.83 bits per heavy atom. The molecule has 2 rings (SSSR count). The van der Waals surface area contributed by atoms with Crippen LogP contribution in [0.4, 0.5) is 5.95 Å². The van der Waals surface area contributed by atoms with Gasteiger partial charge in [0.2, 0.25) is 5.95 Å². The summed E-state index contributed by atoms with van der Waals surface area (Å²) in [6, 6.07) is 0. The van der Waals surface area contributed by atoms with Gasteiger partial charge < -0.3 is 14.6 Å². The molecule has 2 heterocycles. The molecule has 1 N–H and O–H groups in total. The molecule has 12 heavy (non-hydrogen) atoms. The van der Waals surface area contributed by atoms with Crippen molar-refractivity contribution < 1.29 is 4.74 Å². The Bertz CT molecular complexity index is 253. The monoisotopic (exact) mass is 167 g/mol. The number of aromatic amines is 1. The number of nitrogens with zero attached hydrogens (tertiary/aromatic N) is 2. The van der Waals surface area contributed by atoms with E-state index in [1.165, 1.54) is 0 Å². The highest BCUT2D eigenvalue weighted by Gasteiger charge is 2.12. The second-order valence-corrected chi connectivity index (χ2v) is 2.99. The Balaban J connectivity index is 2.08. The molecule has 1 aliphatic rings. The van der Waals surface area contributed by atoms with Crippen LogP contribution in [0.25, 0.3) is 0 Å². The van der Waals surface area contributed by atoms with E-state index in [1.807, 2.05) is 13.1 Å². The van der Waals surface area contributed by atoms with Gasteiger partial charge in [-0.2, -0.15) is 0 Å². The Morgan fingerprint density at radius 2 is 2.25 bits per heavy atom. The van der Waals surface area contributed by atoms with E-state index in [-0.39, 0.29) is 0 Å². The zero-order valence-electron chi connectivity index (χ0n) is 7.21. The quantitative estimate of drug-likeness (QED) is 0.664. The second-order valence-electron chi connectivity index (χ2n) is 2.99. The molecule has 0 spiro atoms. The van der Waals surface area contributed by atoms with Crippen molar-refractivity contribution in [2.24, 2.45) is 0 Å². The Kier molecular flexibility index (Phi) is 1.99. The zero-order valence-corrected chi connectivity index (χ0v) is 7.21. The number of aromatic nitrogens is 2. The standard InChI is InChI=1S/C8H13N3O/c1-7-6-9-8(10-7)11-2-4-12-5-3-11/h6H,2-5H2,1H3,(H,9,10). The molecule has 0 bridgehead atoms. The van der Waals surface area contributed by atoms with E-state index in [0.717, 1.165) is 37.9 Å². The molecule has 4 nitrogen and oxygen atoms in total. The number of hydrogen-bond acceptors (Lipinski definition) is 3. The van der Waals surface area contributed by atoms with Crippen LogP contribution in [-0.4, -0.2) is 36.3 Å². The van der Waals surface area contributed by atoms with Crippen LogP contribution in [0.3, 0.4) is 0 Å². The third-order valence-corrected chi connectivity index (χ3v) is 2.00. The minimum Gasteiger partial charge on any atom is -0.378 e. The van der Waals surface area contributed by atoms with Crippen LogP contribution in [0.1, 0.15) is 5.69 Å². The van der Waals surface area contributed by atoms with Crippen LogP contribution in [0.15, 0.2) is 6.20 Å². The van der Waals surface area contributed by atoms with Crippen LogP contribution in [0.5, 0.6) is 0 Å². The summed E-state index contributed by atoms with van der Waals surface area (Å²) >= 11 is 0. The summed E-state index contributed by atoms with van der Waals surface area (Å²) in [5.41, 5.74) is 1.11. The number of morpholine rings is 1. The molecule has 0 unspecified atom stereocenters. The highest BCUT2D eigenvalue weighted by Crippen LogP contribution is 2.09. The number of hydrogen-bond donors (Lipinski definition) is 1. The molecule has 1 saturated heterocycles. The topological polar surface area (TPSA) is 41.2 Å². The molecule has 0 aliphatic carbocycles. The second kappa shape index (κ2) is 3.15. The molecule has 0 aromatic carbocycles. The number of ether oxygens (including phenoxy) is 1. The van der Waals surface area contributed by atoms with Crippen molar-refractivity contribution in [3.63, 3.8) is 0 Å². The van der Waals surface area contributed by atoms with Gasteiger partial charge in [0.05, 0.1) is 13.2 Å². The van der Waals surface area contributed by atoms with Crippen molar-refractivity contribution in [2.45, 2.75) is 6.92 Å². The van der Waals surface area contributed by atoms with E-state index in [0.29, 0.717) is 0 Å². The molecule has 1 aromatic heterocycles. The first-order chi connectivity index (χ1) is 5.86. The largest absolute Gasteiger partial charge is 0.378 e. The third-order valence-electron chi connectivity index (χ3n) is 2.00. The lowest BCUT2D eigenvalue weighted by Gasteiger charge is -2.26. The maximum absolute atomic E-state index is 5.24. The fraction of sp³-hybridized carbons (Fsp3) is 0.625. The highest BCUT2D eigenvalue weighted by atomic mass is 16.5. The maximum Gasteiger partial charge on any atom is 0.203 e. The van der Waals surface area contributed by atoms with E-state index in [1.54, 1.807) is 0 Å². The normalized spacial score (nSPS) is 18.2. The molecule has 0 radical (unpaired) electrons. The zero-order chi connectivity index (χ0) is 8.39. The first-order valence-corrected chi connectivity index (χ1v) is 4.20. The van der Waals surface area contributed by atoms with Crippen molar-refractivity contribution >= 4 is 5.95 Å². The van der Waals surface area contributed by atoms with Crippen LogP contribution < -0.4 is 4.90 Å². The molecule has 0 saturated carbocycles. The molecule has 0 amide bonds. The molecule has 4 heteroatoms. The number of H-pyrrole nitrogens is 1. The van der Waals surface area contributed by atoms with Gasteiger partial charge in [0.1, 0.15) is 0 Å². The Morgan fingerprint density at radius 1 is 1.50 bits per heavy atom. The molecule has 0 atom stereocenters. The summed E-state index contributed by atoms with van der Waals surface area (Å²) in [4.78, 5) is 9.66. The molecule has 1 aliphatic heterocycles. The maximum atomic E-state index is 5.24. The number of aryl methyl sites for hydroxylation is 1. The summed E-state index contributed by atoms with van der Waals surface area (Å²) in [6.45, 7) is 5.50. The van der Waals surface area contributed by atoms with Crippen molar-refractivity contribution in [3.05, 3.63) is 11.9 Å². The lowest BCUT2D eigenvalue weighted by Crippen LogP contribution is -2.36. The number of nitrogens with one attached hydrogen (secondary N) is 1. The van der Waals surface area contributed by atoms with Gasteiger partial charge in [0, 0.05) is 25.0 Å². The van der Waals surface area contributed by atoms with Crippen LogP contribution in [0.2, 0.25) is 0 Å². The summed E-state index contributed by atoms with van der Waals surface area (Å²) in [6.07, 6.45) is 1.85. The number of anilines is 1. The average Bonchev–Trinajstić information content (AvgIpc) is 2.54. The van der Waals surface area contributed by atoms with Crippen molar-refractivity contribution in [1.82, 2.24) is 9.97 Å². The molecular formula is C8H13N3O.